The van der Waals surface area contributed by atoms with E-state index in [0.29, 0.717) is 22.6 Å². The van der Waals surface area contributed by atoms with Gasteiger partial charge in [0.25, 0.3) is 5.91 Å². The number of rotatable bonds is 11. The molecule has 3 aromatic carbocycles. The van der Waals surface area contributed by atoms with Crippen molar-refractivity contribution < 1.29 is 24.3 Å². The van der Waals surface area contributed by atoms with E-state index in [-0.39, 0.29) is 31.0 Å². The molecule has 0 heterocycles. The third kappa shape index (κ3) is 7.73. The third-order valence-corrected chi connectivity index (χ3v) is 7.82. The maximum absolute atomic E-state index is 13.7. The predicted octanol–water partition coefficient (Wildman–Crippen LogP) is 6.94. The number of hydrogen-bond donors (Lipinski definition) is 2. The molecule has 1 fully saturated rings. The molecule has 39 heavy (non-hydrogen) atoms. The van der Waals surface area contributed by atoms with Crippen LogP contribution in [0.2, 0.25) is 0 Å². The fourth-order valence-corrected chi connectivity index (χ4v) is 5.55. The van der Waals surface area contributed by atoms with Gasteiger partial charge in [-0.2, -0.15) is 0 Å². The van der Waals surface area contributed by atoms with Crippen LogP contribution in [-0.2, 0) is 4.79 Å². The van der Waals surface area contributed by atoms with Gasteiger partial charge < -0.3 is 10.4 Å². The Morgan fingerprint density at radius 3 is 2.13 bits per heavy atom. The van der Waals surface area contributed by atoms with Crippen LogP contribution in [0.4, 0.5) is 0 Å². The van der Waals surface area contributed by atoms with E-state index < -0.39 is 17.8 Å². The summed E-state index contributed by atoms with van der Waals surface area (Å²) in [6.45, 7) is 0.0174. The molecule has 1 aliphatic carbocycles. The van der Waals surface area contributed by atoms with Crippen molar-refractivity contribution in [3.05, 3.63) is 105 Å². The summed E-state index contributed by atoms with van der Waals surface area (Å²) in [5.41, 5.74) is 3.32. The predicted molar refractivity (Wildman–Crippen MR) is 153 cm³/mol. The molecular formula is C32H32BrNO5. The van der Waals surface area contributed by atoms with Gasteiger partial charge in [-0.05, 0) is 54.2 Å². The molecule has 6 nitrogen and oxygen atoms in total. The van der Waals surface area contributed by atoms with Crippen molar-refractivity contribution >= 4 is 39.4 Å². The van der Waals surface area contributed by atoms with Crippen molar-refractivity contribution in [2.75, 3.05) is 6.54 Å². The highest BCUT2D eigenvalue weighted by Gasteiger charge is 2.26. The number of carboxylic acids is 1. The topological polar surface area (TPSA) is 101 Å². The van der Waals surface area contributed by atoms with Crippen molar-refractivity contribution in [3.63, 3.8) is 0 Å². The van der Waals surface area contributed by atoms with Crippen LogP contribution < -0.4 is 5.32 Å². The number of halogens is 1. The zero-order chi connectivity index (χ0) is 27.8. The maximum Gasteiger partial charge on any atom is 0.305 e. The number of benzene rings is 3. The van der Waals surface area contributed by atoms with Gasteiger partial charge >= 0.3 is 5.97 Å². The number of ketones is 2. The molecule has 0 radical (unpaired) electrons. The van der Waals surface area contributed by atoms with Gasteiger partial charge in [-0.15, -0.1) is 0 Å². The molecule has 202 valence electrons. The normalized spacial score (nSPS) is 14.4. The second kappa shape index (κ2) is 13.5. The van der Waals surface area contributed by atoms with Crippen LogP contribution in [0.3, 0.4) is 0 Å². The number of Topliss-reactive ketones (excluding diaryl/α,β-unsaturated/α-hetero) is 2. The van der Waals surface area contributed by atoms with Crippen molar-refractivity contribution in [2.24, 2.45) is 0 Å². The Labute approximate surface area is 237 Å². The second-order valence-electron chi connectivity index (χ2n) is 10.0. The van der Waals surface area contributed by atoms with Crippen molar-refractivity contribution in [1.29, 1.82) is 0 Å². The summed E-state index contributed by atoms with van der Waals surface area (Å²) in [6, 6.07) is 21.5. The molecule has 2 N–H and O–H groups in total. The highest BCUT2D eigenvalue weighted by atomic mass is 79.9. The lowest BCUT2D eigenvalue weighted by atomic mass is 9.83. The number of amides is 1. The fourth-order valence-electron chi connectivity index (χ4n) is 5.14. The first-order chi connectivity index (χ1) is 18.8. The Balaban J connectivity index is 1.50. The summed E-state index contributed by atoms with van der Waals surface area (Å²) in [5, 5.41) is 11.3. The van der Waals surface area contributed by atoms with E-state index in [1.54, 1.807) is 12.1 Å². The summed E-state index contributed by atoms with van der Waals surface area (Å²) in [5.74, 6) is -1.85. The molecule has 1 atom stereocenters. The Morgan fingerprint density at radius 2 is 1.49 bits per heavy atom. The van der Waals surface area contributed by atoms with Crippen LogP contribution in [0.25, 0.3) is 0 Å². The minimum atomic E-state index is -0.996. The Morgan fingerprint density at radius 1 is 0.846 bits per heavy atom. The van der Waals surface area contributed by atoms with E-state index in [1.165, 1.54) is 49.8 Å². The van der Waals surface area contributed by atoms with Crippen LogP contribution in [-0.4, -0.2) is 35.1 Å². The SMILES string of the molecule is O=C(O)CCNC(=O)c1ccc(C(=O)C(CC(=O)c2ccc(C3CCCCC3)cc2)c2cccc(Br)c2)cc1. The van der Waals surface area contributed by atoms with Gasteiger partial charge in [0.2, 0.25) is 0 Å². The van der Waals surface area contributed by atoms with Crippen molar-refractivity contribution in [1.82, 2.24) is 5.32 Å². The number of carboxylic acid groups (broad SMARTS) is 1. The highest BCUT2D eigenvalue weighted by Crippen LogP contribution is 2.33. The van der Waals surface area contributed by atoms with E-state index in [4.69, 9.17) is 5.11 Å². The van der Waals surface area contributed by atoms with Crippen molar-refractivity contribution in [2.45, 2.75) is 56.8 Å². The Hall–Kier alpha value is -3.58. The molecule has 4 rings (SSSR count). The van der Waals surface area contributed by atoms with Crippen LogP contribution >= 0.6 is 15.9 Å². The third-order valence-electron chi connectivity index (χ3n) is 7.32. The summed E-state index contributed by atoms with van der Waals surface area (Å²) in [6.07, 6.45) is 6.02. The Kier molecular flexibility index (Phi) is 9.82. The molecular weight excluding hydrogens is 558 g/mol. The summed E-state index contributed by atoms with van der Waals surface area (Å²) < 4.78 is 0.815. The number of hydrogen-bond acceptors (Lipinski definition) is 4. The van der Waals surface area contributed by atoms with Gasteiger partial charge in [-0.25, -0.2) is 0 Å². The van der Waals surface area contributed by atoms with Gasteiger partial charge in [0.1, 0.15) is 0 Å². The number of carbonyl (C=O) groups is 4. The summed E-state index contributed by atoms with van der Waals surface area (Å²) in [7, 11) is 0. The molecule has 1 amide bonds. The van der Waals surface area contributed by atoms with Gasteiger partial charge in [0.05, 0.1) is 12.3 Å². The standard InChI is InChI=1S/C32H32BrNO5/c33-27-8-4-7-26(19-27)28(20-29(35)23-11-9-22(10-12-23)21-5-2-1-3-6-21)31(38)24-13-15-25(16-14-24)32(39)34-18-17-30(36)37/h4,7-16,19,21,28H,1-3,5-6,17-18,20H2,(H,34,39)(H,36,37). The van der Waals surface area contributed by atoms with Crippen LogP contribution in [0.5, 0.6) is 0 Å². The highest BCUT2D eigenvalue weighted by molar-refractivity contribution is 9.10. The van der Waals surface area contributed by atoms with Crippen LogP contribution in [0, 0.1) is 0 Å². The minimum absolute atomic E-state index is 0.0174. The molecule has 0 saturated heterocycles. The lowest BCUT2D eigenvalue weighted by Gasteiger charge is -2.22. The summed E-state index contributed by atoms with van der Waals surface area (Å²) >= 11 is 3.47. The maximum atomic E-state index is 13.7. The quantitative estimate of drug-likeness (QED) is 0.236. The largest absolute Gasteiger partial charge is 0.481 e. The molecule has 1 saturated carbocycles. The Bertz CT molecular complexity index is 1330. The monoisotopic (exact) mass is 589 g/mol. The first-order valence-corrected chi connectivity index (χ1v) is 14.1. The van der Waals surface area contributed by atoms with E-state index in [0.717, 1.165) is 10.0 Å². The fraction of sp³-hybridized carbons (Fsp3) is 0.312. The van der Waals surface area contributed by atoms with E-state index in [9.17, 15) is 19.2 Å². The summed E-state index contributed by atoms with van der Waals surface area (Å²) in [4.78, 5) is 50.0. The van der Waals surface area contributed by atoms with E-state index in [1.807, 2.05) is 36.4 Å². The van der Waals surface area contributed by atoms with Crippen LogP contribution in [0.15, 0.2) is 77.3 Å². The lowest BCUT2D eigenvalue weighted by molar-refractivity contribution is -0.136. The van der Waals surface area contributed by atoms with Crippen molar-refractivity contribution in [3.8, 4) is 0 Å². The minimum Gasteiger partial charge on any atom is -0.481 e. The molecule has 1 aliphatic rings. The average molecular weight is 591 g/mol. The molecule has 3 aromatic rings. The first-order valence-electron chi connectivity index (χ1n) is 13.3. The number of carbonyl (C=O) groups excluding carboxylic acids is 3. The smallest absolute Gasteiger partial charge is 0.305 e. The number of nitrogens with one attached hydrogen (secondary N) is 1. The molecule has 0 bridgehead atoms. The molecule has 0 aromatic heterocycles. The molecule has 1 unspecified atom stereocenters. The lowest BCUT2D eigenvalue weighted by Crippen LogP contribution is -2.26. The number of aliphatic carboxylic acids is 1. The van der Waals surface area contributed by atoms with Gasteiger partial charge in [-0.3, -0.25) is 19.2 Å². The second-order valence-corrected chi connectivity index (χ2v) is 10.9. The van der Waals surface area contributed by atoms with E-state index in [2.05, 4.69) is 33.4 Å². The van der Waals surface area contributed by atoms with Gasteiger partial charge in [0.15, 0.2) is 11.6 Å². The molecule has 0 spiro atoms. The van der Waals surface area contributed by atoms with Gasteiger partial charge in [-0.1, -0.05) is 83.7 Å². The van der Waals surface area contributed by atoms with Crippen LogP contribution in [0.1, 0.15) is 99.0 Å². The van der Waals surface area contributed by atoms with E-state index >= 15 is 0 Å². The van der Waals surface area contributed by atoms with Gasteiger partial charge in [0, 0.05) is 34.1 Å². The average Bonchev–Trinajstić information content (AvgIpc) is 2.96. The first kappa shape index (κ1) is 28.4. The zero-order valence-corrected chi connectivity index (χ0v) is 23.3. The molecule has 7 heteroatoms. The molecule has 0 aliphatic heterocycles. The zero-order valence-electron chi connectivity index (χ0n) is 21.7.